The Bertz CT molecular complexity index is 285. The number of rotatable bonds is 6. The summed E-state index contributed by atoms with van der Waals surface area (Å²) in [5, 5.41) is 9.36. The molecule has 1 saturated carbocycles. The lowest BCUT2D eigenvalue weighted by molar-refractivity contribution is -0.150. The summed E-state index contributed by atoms with van der Waals surface area (Å²) in [5.74, 6) is -0.511. The van der Waals surface area contributed by atoms with Crippen LogP contribution in [0.4, 0.5) is 0 Å². The van der Waals surface area contributed by atoms with E-state index in [2.05, 4.69) is 0 Å². The van der Waals surface area contributed by atoms with Crippen LogP contribution in [0.3, 0.4) is 0 Å². The second-order valence-corrected chi connectivity index (χ2v) is 5.31. The number of amides is 1. The molecular formula is C14H25NO3. The zero-order valence-electron chi connectivity index (χ0n) is 11.5. The standard InChI is InChI=1S/C14H25NO3/c1-3-9-15(11(2)16)13(14(17)18)10-12-7-5-4-6-8-12/h12-13H,3-10H2,1-2H3,(H,17,18). The van der Waals surface area contributed by atoms with Crippen LogP contribution in [0, 0.1) is 5.92 Å². The Hall–Kier alpha value is -1.06. The van der Waals surface area contributed by atoms with Crippen LogP contribution in [0.15, 0.2) is 0 Å². The molecule has 0 aromatic rings. The van der Waals surface area contributed by atoms with Gasteiger partial charge in [0.2, 0.25) is 5.91 Å². The second kappa shape index (κ2) is 7.39. The molecule has 1 amide bonds. The van der Waals surface area contributed by atoms with Gasteiger partial charge in [-0.1, -0.05) is 39.0 Å². The average Bonchev–Trinajstić information content (AvgIpc) is 2.34. The van der Waals surface area contributed by atoms with Gasteiger partial charge in [-0.05, 0) is 18.8 Å². The molecule has 1 aliphatic rings. The van der Waals surface area contributed by atoms with Crippen molar-refractivity contribution in [2.45, 2.75) is 64.8 Å². The molecule has 0 spiro atoms. The Kier molecular flexibility index (Phi) is 6.16. The van der Waals surface area contributed by atoms with E-state index in [-0.39, 0.29) is 5.91 Å². The number of carboxylic acids is 1. The van der Waals surface area contributed by atoms with Gasteiger partial charge in [0.1, 0.15) is 6.04 Å². The van der Waals surface area contributed by atoms with Crippen molar-refractivity contribution in [3.8, 4) is 0 Å². The van der Waals surface area contributed by atoms with Crippen molar-refractivity contribution in [1.82, 2.24) is 4.90 Å². The molecule has 4 nitrogen and oxygen atoms in total. The first-order valence-electron chi connectivity index (χ1n) is 7.06. The smallest absolute Gasteiger partial charge is 0.326 e. The van der Waals surface area contributed by atoms with Gasteiger partial charge in [0.05, 0.1) is 0 Å². The van der Waals surface area contributed by atoms with Crippen LogP contribution in [-0.4, -0.2) is 34.5 Å². The molecule has 18 heavy (non-hydrogen) atoms. The summed E-state index contributed by atoms with van der Waals surface area (Å²) in [4.78, 5) is 24.5. The van der Waals surface area contributed by atoms with Gasteiger partial charge in [-0.3, -0.25) is 4.79 Å². The summed E-state index contributed by atoms with van der Waals surface area (Å²) in [6.07, 6.45) is 7.31. The SMILES string of the molecule is CCCN(C(C)=O)C(CC1CCCCC1)C(=O)O. The number of nitrogens with zero attached hydrogens (tertiary/aromatic N) is 1. The maximum Gasteiger partial charge on any atom is 0.326 e. The maximum absolute atomic E-state index is 11.6. The molecule has 0 heterocycles. The highest BCUT2D eigenvalue weighted by atomic mass is 16.4. The molecule has 1 unspecified atom stereocenters. The Morgan fingerprint density at radius 3 is 2.33 bits per heavy atom. The average molecular weight is 255 g/mol. The number of carboxylic acid groups (broad SMARTS) is 1. The fourth-order valence-electron chi connectivity index (χ4n) is 2.87. The summed E-state index contributed by atoms with van der Waals surface area (Å²) in [5.41, 5.74) is 0. The molecule has 1 aliphatic carbocycles. The molecule has 0 saturated heterocycles. The monoisotopic (exact) mass is 255 g/mol. The third kappa shape index (κ3) is 4.31. The van der Waals surface area contributed by atoms with E-state index in [0.717, 1.165) is 19.3 Å². The Morgan fingerprint density at radius 2 is 1.89 bits per heavy atom. The van der Waals surface area contributed by atoms with Crippen LogP contribution in [0.25, 0.3) is 0 Å². The lowest BCUT2D eigenvalue weighted by atomic mass is 9.84. The highest BCUT2D eigenvalue weighted by Gasteiger charge is 2.30. The molecular weight excluding hydrogens is 230 g/mol. The van der Waals surface area contributed by atoms with Crippen LogP contribution in [0.5, 0.6) is 0 Å². The fourth-order valence-corrected chi connectivity index (χ4v) is 2.87. The highest BCUT2D eigenvalue weighted by molar-refractivity contribution is 5.82. The minimum atomic E-state index is -0.857. The van der Waals surface area contributed by atoms with Gasteiger partial charge in [-0.2, -0.15) is 0 Å². The molecule has 0 aromatic heterocycles. The van der Waals surface area contributed by atoms with Crippen molar-refractivity contribution >= 4 is 11.9 Å². The quantitative estimate of drug-likeness (QED) is 0.793. The van der Waals surface area contributed by atoms with Gasteiger partial charge < -0.3 is 10.0 Å². The predicted octanol–water partition coefficient (Wildman–Crippen LogP) is 2.67. The van der Waals surface area contributed by atoms with Crippen molar-refractivity contribution in [2.75, 3.05) is 6.54 Å². The van der Waals surface area contributed by atoms with Gasteiger partial charge in [0.15, 0.2) is 0 Å². The van der Waals surface area contributed by atoms with Gasteiger partial charge in [0.25, 0.3) is 0 Å². The molecule has 1 fully saturated rings. The molecule has 1 atom stereocenters. The minimum absolute atomic E-state index is 0.125. The van der Waals surface area contributed by atoms with E-state index in [1.165, 1.54) is 31.1 Å². The third-order valence-corrected chi connectivity index (χ3v) is 3.81. The largest absolute Gasteiger partial charge is 0.480 e. The lowest BCUT2D eigenvalue weighted by Crippen LogP contribution is -2.45. The van der Waals surface area contributed by atoms with E-state index in [0.29, 0.717) is 18.9 Å². The normalized spacial score (nSPS) is 18.3. The molecule has 104 valence electrons. The summed E-state index contributed by atoms with van der Waals surface area (Å²) < 4.78 is 0. The van der Waals surface area contributed by atoms with E-state index in [1.807, 2.05) is 6.92 Å². The number of aliphatic carboxylic acids is 1. The van der Waals surface area contributed by atoms with Gasteiger partial charge in [0, 0.05) is 13.5 Å². The minimum Gasteiger partial charge on any atom is -0.480 e. The summed E-state index contributed by atoms with van der Waals surface area (Å²) in [6, 6.07) is -0.634. The van der Waals surface area contributed by atoms with E-state index in [9.17, 15) is 14.7 Å². The van der Waals surface area contributed by atoms with E-state index in [4.69, 9.17) is 0 Å². The van der Waals surface area contributed by atoms with E-state index >= 15 is 0 Å². The second-order valence-electron chi connectivity index (χ2n) is 5.31. The molecule has 1 rings (SSSR count). The van der Waals surface area contributed by atoms with Gasteiger partial charge in [-0.15, -0.1) is 0 Å². The van der Waals surface area contributed by atoms with Crippen LogP contribution in [0.1, 0.15) is 58.8 Å². The van der Waals surface area contributed by atoms with Crippen molar-refractivity contribution in [1.29, 1.82) is 0 Å². The first-order chi connectivity index (χ1) is 8.56. The summed E-state index contributed by atoms with van der Waals surface area (Å²) >= 11 is 0. The van der Waals surface area contributed by atoms with E-state index < -0.39 is 12.0 Å². The Morgan fingerprint density at radius 1 is 1.28 bits per heavy atom. The topological polar surface area (TPSA) is 57.6 Å². The number of carbonyl (C=O) groups is 2. The third-order valence-electron chi connectivity index (χ3n) is 3.81. The molecule has 1 N–H and O–H groups in total. The Balaban J connectivity index is 2.66. The first kappa shape index (κ1) is 15.0. The fraction of sp³-hybridized carbons (Fsp3) is 0.857. The van der Waals surface area contributed by atoms with Gasteiger partial charge in [-0.25, -0.2) is 4.79 Å². The molecule has 0 bridgehead atoms. The van der Waals surface area contributed by atoms with Crippen LogP contribution >= 0.6 is 0 Å². The maximum atomic E-state index is 11.6. The first-order valence-corrected chi connectivity index (χ1v) is 7.06. The van der Waals surface area contributed by atoms with Gasteiger partial charge >= 0.3 is 5.97 Å². The zero-order chi connectivity index (χ0) is 13.5. The predicted molar refractivity (Wildman–Crippen MR) is 70.3 cm³/mol. The summed E-state index contributed by atoms with van der Waals surface area (Å²) in [6.45, 7) is 3.97. The number of hydrogen-bond acceptors (Lipinski definition) is 2. The highest BCUT2D eigenvalue weighted by Crippen LogP contribution is 2.28. The van der Waals surface area contributed by atoms with Crippen LogP contribution < -0.4 is 0 Å². The van der Waals surface area contributed by atoms with Crippen molar-refractivity contribution in [3.05, 3.63) is 0 Å². The summed E-state index contributed by atoms with van der Waals surface area (Å²) in [7, 11) is 0. The van der Waals surface area contributed by atoms with Crippen molar-refractivity contribution < 1.29 is 14.7 Å². The van der Waals surface area contributed by atoms with Crippen molar-refractivity contribution in [2.24, 2.45) is 5.92 Å². The Labute approximate surface area is 109 Å². The lowest BCUT2D eigenvalue weighted by Gasteiger charge is -2.31. The number of hydrogen-bond donors (Lipinski definition) is 1. The molecule has 0 aliphatic heterocycles. The zero-order valence-corrected chi connectivity index (χ0v) is 11.5. The van der Waals surface area contributed by atoms with Crippen molar-refractivity contribution in [3.63, 3.8) is 0 Å². The molecule has 4 heteroatoms. The van der Waals surface area contributed by atoms with E-state index in [1.54, 1.807) is 0 Å². The van der Waals surface area contributed by atoms with Crippen LogP contribution in [-0.2, 0) is 9.59 Å². The molecule has 0 radical (unpaired) electrons. The molecule has 0 aromatic carbocycles. The van der Waals surface area contributed by atoms with Crippen LogP contribution in [0.2, 0.25) is 0 Å². The number of carbonyl (C=O) groups excluding carboxylic acids is 1.